The van der Waals surface area contributed by atoms with Crippen LogP contribution in [0.3, 0.4) is 0 Å². The van der Waals surface area contributed by atoms with E-state index in [1.165, 1.54) is 0 Å². The highest BCUT2D eigenvalue weighted by Crippen LogP contribution is 2.28. The first kappa shape index (κ1) is 20.4. The number of furan rings is 1. The van der Waals surface area contributed by atoms with E-state index in [9.17, 15) is 13.2 Å². The second-order valence-corrected chi connectivity index (χ2v) is 10.3. The van der Waals surface area contributed by atoms with Crippen LogP contribution in [0.2, 0.25) is 0 Å². The number of carbonyl (C=O) groups excluding carboxylic acids is 1. The Kier molecular flexibility index (Phi) is 6.36. The van der Waals surface area contributed by atoms with Gasteiger partial charge in [-0.1, -0.05) is 18.2 Å². The van der Waals surface area contributed by atoms with E-state index in [2.05, 4.69) is 5.32 Å². The Hall–Kier alpha value is -2.38. The smallest absolute Gasteiger partial charge is 0.224 e. The lowest BCUT2D eigenvalue weighted by molar-refractivity contribution is -0.120. The Balaban J connectivity index is 1.62. The van der Waals surface area contributed by atoms with E-state index < -0.39 is 15.1 Å². The molecule has 0 saturated carbocycles. The first-order valence-corrected chi connectivity index (χ1v) is 11.5. The van der Waals surface area contributed by atoms with Crippen molar-refractivity contribution in [2.75, 3.05) is 6.54 Å². The maximum atomic E-state index is 12.4. The van der Waals surface area contributed by atoms with Gasteiger partial charge in [0.2, 0.25) is 5.91 Å². The first-order valence-electron chi connectivity index (χ1n) is 9.04. The molecule has 0 unspecified atom stereocenters. The van der Waals surface area contributed by atoms with Gasteiger partial charge in [-0.3, -0.25) is 4.79 Å². The number of carbonyl (C=O) groups is 1. The average molecular weight is 418 g/mol. The lowest BCUT2D eigenvalue weighted by atomic mass is 10.0. The Labute approximate surface area is 169 Å². The standard InChI is InChI=1S/C21H23NO4S2/c1-15(2)28(24,25)17-9-7-16(8-10-17)13-21(23)22-14-18(19-5-3-11-26-19)20-6-4-12-27-20/h3-12,15,18H,13-14H2,1-2H3,(H,22,23)/t18-/m1/s1. The van der Waals surface area contributed by atoms with Crippen LogP contribution in [-0.2, 0) is 21.1 Å². The summed E-state index contributed by atoms with van der Waals surface area (Å²) in [4.78, 5) is 13.8. The summed E-state index contributed by atoms with van der Waals surface area (Å²) in [5.41, 5.74) is 0.769. The molecule has 0 radical (unpaired) electrons. The normalized spacial score (nSPS) is 12.8. The highest BCUT2D eigenvalue weighted by atomic mass is 32.2. The minimum atomic E-state index is -3.30. The topological polar surface area (TPSA) is 76.4 Å². The maximum Gasteiger partial charge on any atom is 0.224 e. The van der Waals surface area contributed by atoms with Gasteiger partial charge in [0, 0.05) is 11.4 Å². The minimum absolute atomic E-state index is 0.0301. The largest absolute Gasteiger partial charge is 0.469 e. The van der Waals surface area contributed by atoms with E-state index >= 15 is 0 Å². The number of sulfone groups is 1. The molecule has 1 aromatic carbocycles. The Morgan fingerprint density at radius 3 is 2.43 bits per heavy atom. The SMILES string of the molecule is CC(C)S(=O)(=O)c1ccc(CC(=O)NC[C@H](c2ccco2)c2cccs2)cc1. The molecule has 2 aromatic heterocycles. The van der Waals surface area contributed by atoms with Crippen LogP contribution in [0, 0.1) is 0 Å². The molecule has 3 aromatic rings. The van der Waals surface area contributed by atoms with Crippen LogP contribution in [0.5, 0.6) is 0 Å². The van der Waals surface area contributed by atoms with Crippen molar-refractivity contribution >= 4 is 27.1 Å². The molecule has 0 bridgehead atoms. The van der Waals surface area contributed by atoms with Gasteiger partial charge in [-0.15, -0.1) is 11.3 Å². The minimum Gasteiger partial charge on any atom is -0.469 e. The van der Waals surface area contributed by atoms with Crippen LogP contribution >= 0.6 is 11.3 Å². The number of hydrogen-bond acceptors (Lipinski definition) is 5. The van der Waals surface area contributed by atoms with Gasteiger partial charge in [0.15, 0.2) is 9.84 Å². The summed E-state index contributed by atoms with van der Waals surface area (Å²) in [6.45, 7) is 3.74. The Morgan fingerprint density at radius 2 is 1.86 bits per heavy atom. The molecule has 2 heterocycles. The van der Waals surface area contributed by atoms with Crippen molar-refractivity contribution in [2.24, 2.45) is 0 Å². The van der Waals surface area contributed by atoms with Crippen molar-refractivity contribution in [2.45, 2.75) is 36.3 Å². The fourth-order valence-corrected chi connectivity index (χ4v) is 4.75. The molecule has 7 heteroatoms. The second kappa shape index (κ2) is 8.75. The molecule has 1 N–H and O–H groups in total. The van der Waals surface area contributed by atoms with Crippen molar-refractivity contribution < 1.29 is 17.6 Å². The molecule has 0 aliphatic rings. The quantitative estimate of drug-likeness (QED) is 0.601. The van der Waals surface area contributed by atoms with Crippen LogP contribution in [0.4, 0.5) is 0 Å². The summed E-state index contributed by atoms with van der Waals surface area (Å²) in [7, 11) is -3.30. The number of hydrogen-bond donors (Lipinski definition) is 1. The number of amides is 1. The highest BCUT2D eigenvalue weighted by Gasteiger charge is 2.20. The number of benzene rings is 1. The molecule has 28 heavy (non-hydrogen) atoms. The van der Waals surface area contributed by atoms with Gasteiger partial charge >= 0.3 is 0 Å². The zero-order chi connectivity index (χ0) is 20.1. The first-order chi connectivity index (χ1) is 13.4. The van der Waals surface area contributed by atoms with E-state index in [-0.39, 0.29) is 23.1 Å². The summed E-state index contributed by atoms with van der Waals surface area (Å²) < 4.78 is 29.9. The van der Waals surface area contributed by atoms with Gasteiger partial charge in [0.1, 0.15) is 5.76 Å². The predicted octanol–water partition coefficient (Wildman–Crippen LogP) is 4.01. The Bertz CT molecular complexity index is 955. The summed E-state index contributed by atoms with van der Waals surface area (Å²) in [5.74, 6) is 0.663. The number of thiophene rings is 1. The molecule has 0 spiro atoms. The third kappa shape index (κ3) is 4.72. The number of nitrogens with one attached hydrogen (secondary N) is 1. The lowest BCUT2D eigenvalue weighted by Gasteiger charge is -2.14. The summed E-state index contributed by atoms with van der Waals surface area (Å²) in [6.07, 6.45) is 1.82. The molecule has 0 saturated heterocycles. The van der Waals surface area contributed by atoms with Gasteiger partial charge in [0.05, 0.1) is 28.7 Å². The maximum absolute atomic E-state index is 12.4. The molecule has 5 nitrogen and oxygen atoms in total. The van der Waals surface area contributed by atoms with Gasteiger partial charge in [-0.25, -0.2) is 8.42 Å². The van der Waals surface area contributed by atoms with Crippen LogP contribution in [0.15, 0.2) is 69.5 Å². The average Bonchev–Trinajstić information content (AvgIpc) is 3.37. The third-order valence-corrected chi connectivity index (χ3v) is 7.67. The molecule has 3 rings (SSSR count). The van der Waals surface area contributed by atoms with Crippen molar-refractivity contribution in [1.29, 1.82) is 0 Å². The van der Waals surface area contributed by atoms with Crippen LogP contribution in [-0.4, -0.2) is 26.1 Å². The van der Waals surface area contributed by atoms with Crippen molar-refractivity contribution in [1.82, 2.24) is 5.32 Å². The fourth-order valence-electron chi connectivity index (χ4n) is 2.85. The third-order valence-electron chi connectivity index (χ3n) is 4.51. The fraction of sp³-hybridized carbons (Fsp3) is 0.286. The molecule has 0 aliphatic carbocycles. The molecule has 148 valence electrons. The van der Waals surface area contributed by atoms with Gasteiger partial charge in [0.25, 0.3) is 0 Å². The predicted molar refractivity (Wildman–Crippen MR) is 110 cm³/mol. The monoisotopic (exact) mass is 417 g/mol. The molecule has 0 fully saturated rings. The molecular formula is C21H23NO4S2. The zero-order valence-corrected chi connectivity index (χ0v) is 17.4. The summed E-state index contributed by atoms with van der Waals surface area (Å²) >= 11 is 1.62. The van der Waals surface area contributed by atoms with Gasteiger partial charge in [-0.05, 0) is 55.1 Å². The van der Waals surface area contributed by atoms with Crippen molar-refractivity contribution in [3.63, 3.8) is 0 Å². The zero-order valence-electron chi connectivity index (χ0n) is 15.8. The van der Waals surface area contributed by atoms with E-state index in [1.807, 2.05) is 29.6 Å². The van der Waals surface area contributed by atoms with Crippen LogP contribution in [0.1, 0.15) is 36.0 Å². The molecule has 1 atom stereocenters. The van der Waals surface area contributed by atoms with E-state index in [0.717, 1.165) is 16.2 Å². The van der Waals surface area contributed by atoms with Gasteiger partial charge < -0.3 is 9.73 Å². The van der Waals surface area contributed by atoms with E-state index in [0.29, 0.717) is 6.54 Å². The van der Waals surface area contributed by atoms with Crippen LogP contribution < -0.4 is 5.32 Å². The highest BCUT2D eigenvalue weighted by molar-refractivity contribution is 7.92. The lowest BCUT2D eigenvalue weighted by Crippen LogP contribution is -2.29. The Morgan fingerprint density at radius 1 is 1.11 bits per heavy atom. The van der Waals surface area contributed by atoms with Crippen LogP contribution in [0.25, 0.3) is 0 Å². The van der Waals surface area contributed by atoms with Crippen molar-refractivity contribution in [3.8, 4) is 0 Å². The summed E-state index contributed by atoms with van der Waals surface area (Å²) in [5, 5.41) is 4.49. The van der Waals surface area contributed by atoms with E-state index in [4.69, 9.17) is 4.42 Å². The molecule has 1 amide bonds. The second-order valence-electron chi connectivity index (χ2n) is 6.80. The molecule has 0 aliphatic heterocycles. The molecular weight excluding hydrogens is 394 g/mol. The van der Waals surface area contributed by atoms with Crippen molar-refractivity contribution in [3.05, 3.63) is 76.4 Å². The van der Waals surface area contributed by atoms with Gasteiger partial charge in [-0.2, -0.15) is 0 Å². The van der Waals surface area contributed by atoms with E-state index in [1.54, 1.807) is 55.7 Å². The number of rotatable bonds is 8. The summed E-state index contributed by atoms with van der Waals surface area (Å²) in [6, 6.07) is 14.3.